The number of piperidine rings is 1. The molecule has 4 saturated carbocycles. The van der Waals surface area contributed by atoms with Gasteiger partial charge in [-0.3, -0.25) is 9.36 Å². The summed E-state index contributed by atoms with van der Waals surface area (Å²) in [6.07, 6.45) is 6.64. The van der Waals surface area contributed by atoms with E-state index < -0.39 is 34.8 Å². The largest absolute Gasteiger partial charge is 0.493 e. The molecule has 0 spiro atoms. The molecule has 290 valence electrons. The molecule has 5 aliphatic rings. The number of halogens is 3. The first-order valence-corrected chi connectivity index (χ1v) is 19.0. The van der Waals surface area contributed by atoms with Crippen molar-refractivity contribution < 1.29 is 37.3 Å². The molecule has 1 aliphatic heterocycles. The number of benzene rings is 1. The lowest BCUT2D eigenvalue weighted by Crippen LogP contribution is -2.70. The van der Waals surface area contributed by atoms with Crippen LogP contribution in [-0.2, 0) is 11.0 Å². The second-order valence-electron chi connectivity index (χ2n) is 15.5. The van der Waals surface area contributed by atoms with Crippen LogP contribution in [0.1, 0.15) is 61.0 Å². The van der Waals surface area contributed by atoms with Crippen LogP contribution in [-0.4, -0.2) is 73.3 Å². The highest BCUT2D eigenvalue weighted by molar-refractivity contribution is 6.01. The van der Waals surface area contributed by atoms with Gasteiger partial charge in [-0.1, -0.05) is 0 Å². The van der Waals surface area contributed by atoms with Gasteiger partial charge in [0.1, 0.15) is 17.4 Å². The number of ether oxygens (including phenoxy) is 2. The Bertz CT molecular complexity index is 2280. The summed E-state index contributed by atoms with van der Waals surface area (Å²) in [7, 11) is 1.51. The van der Waals surface area contributed by atoms with Crippen LogP contribution in [0.4, 0.5) is 19.1 Å². The summed E-state index contributed by atoms with van der Waals surface area (Å²) in [5, 5.41) is 13.7. The Balaban J connectivity index is 1.06. The van der Waals surface area contributed by atoms with Gasteiger partial charge in [-0.05, 0) is 98.2 Å². The molecule has 5 fully saturated rings. The molecule has 10 rings (SSSR count). The number of carboxylic acid groups (broad SMARTS) is 1. The van der Waals surface area contributed by atoms with E-state index in [2.05, 4.69) is 30.2 Å². The van der Waals surface area contributed by atoms with E-state index in [0.29, 0.717) is 90.3 Å². The van der Waals surface area contributed by atoms with Crippen LogP contribution in [0.15, 0.2) is 73.3 Å². The SMILES string of the molecule is COc1cccnc1-n1cc(-c2ccc(C(=O)NC3(C(=O)O)C4CC5CC(C4)CC3C5)c(C(F)(F)F)n2)c2ccc(OC3CCN(c4ncccn4)CC3)cc21. The van der Waals surface area contributed by atoms with Gasteiger partial charge < -0.3 is 24.8 Å². The zero-order valence-electron chi connectivity index (χ0n) is 30.6. The van der Waals surface area contributed by atoms with Crippen LogP contribution in [0, 0.1) is 23.7 Å². The minimum atomic E-state index is -5.02. The maximum Gasteiger partial charge on any atom is 0.434 e. The van der Waals surface area contributed by atoms with Gasteiger partial charge in [-0.25, -0.2) is 24.7 Å². The number of rotatable bonds is 9. The molecular formula is C41H40F3N7O5. The number of nitrogens with zero attached hydrogens (tertiary/aromatic N) is 6. The number of amides is 1. The average Bonchev–Trinajstić information content (AvgIpc) is 3.57. The van der Waals surface area contributed by atoms with Crippen LogP contribution in [0.3, 0.4) is 0 Å². The smallest absolute Gasteiger partial charge is 0.434 e. The van der Waals surface area contributed by atoms with E-state index in [-0.39, 0.29) is 23.6 Å². The number of aromatic nitrogens is 5. The summed E-state index contributed by atoms with van der Waals surface area (Å²) >= 11 is 0. The molecule has 12 nitrogen and oxygen atoms in total. The first-order valence-electron chi connectivity index (χ1n) is 19.0. The molecule has 0 radical (unpaired) electrons. The van der Waals surface area contributed by atoms with E-state index in [1.165, 1.54) is 13.2 Å². The van der Waals surface area contributed by atoms with Crippen molar-refractivity contribution in [3.05, 3.63) is 84.6 Å². The van der Waals surface area contributed by atoms with Crippen molar-refractivity contribution in [2.75, 3.05) is 25.1 Å². The third kappa shape index (κ3) is 6.16. The number of hydrogen-bond acceptors (Lipinski definition) is 9. The molecule has 4 aromatic heterocycles. The highest BCUT2D eigenvalue weighted by Gasteiger charge is 2.62. The normalized spacial score (nSPS) is 24.7. The van der Waals surface area contributed by atoms with Crippen LogP contribution in [0.5, 0.6) is 11.5 Å². The minimum Gasteiger partial charge on any atom is -0.493 e. The monoisotopic (exact) mass is 767 g/mol. The third-order valence-electron chi connectivity index (χ3n) is 12.3. The quantitative estimate of drug-likeness (QED) is 0.162. The lowest BCUT2D eigenvalue weighted by Gasteiger charge is -2.59. The molecular weight excluding hydrogens is 727 g/mol. The second-order valence-corrected chi connectivity index (χ2v) is 15.5. The van der Waals surface area contributed by atoms with Crippen molar-refractivity contribution >= 4 is 28.7 Å². The summed E-state index contributed by atoms with van der Waals surface area (Å²) in [6.45, 7) is 1.42. The van der Waals surface area contributed by atoms with Crippen molar-refractivity contribution in [2.24, 2.45) is 23.7 Å². The molecule has 1 amide bonds. The van der Waals surface area contributed by atoms with Gasteiger partial charge in [-0.2, -0.15) is 13.2 Å². The fourth-order valence-electron chi connectivity index (χ4n) is 10.0. The van der Waals surface area contributed by atoms with Gasteiger partial charge in [0.2, 0.25) is 5.95 Å². The molecule has 15 heteroatoms. The molecule has 4 aliphatic carbocycles. The number of carbonyl (C=O) groups excluding carboxylic acids is 1. The number of alkyl halides is 3. The highest BCUT2D eigenvalue weighted by atomic mass is 19.4. The zero-order chi connectivity index (χ0) is 38.8. The molecule has 56 heavy (non-hydrogen) atoms. The van der Waals surface area contributed by atoms with Crippen molar-refractivity contribution in [3.8, 4) is 28.6 Å². The van der Waals surface area contributed by atoms with Crippen LogP contribution >= 0.6 is 0 Å². The lowest BCUT2D eigenvalue weighted by molar-refractivity contribution is -0.163. The summed E-state index contributed by atoms with van der Waals surface area (Å²) in [5.74, 6) is -0.0833. The molecule has 0 unspecified atom stereocenters. The predicted molar refractivity (Wildman–Crippen MR) is 199 cm³/mol. The fraction of sp³-hybridized carbons (Fsp3) is 0.415. The number of nitrogens with one attached hydrogen (secondary N) is 1. The Morgan fingerprint density at radius 2 is 1.61 bits per heavy atom. The number of carboxylic acids is 1. The Morgan fingerprint density at radius 1 is 0.911 bits per heavy atom. The van der Waals surface area contributed by atoms with E-state index in [4.69, 9.17) is 9.47 Å². The second kappa shape index (κ2) is 13.8. The first kappa shape index (κ1) is 35.9. The van der Waals surface area contributed by atoms with Gasteiger partial charge in [-0.15, -0.1) is 0 Å². The molecule has 1 aromatic carbocycles. The molecule has 1 saturated heterocycles. The van der Waals surface area contributed by atoms with Crippen molar-refractivity contribution in [3.63, 3.8) is 0 Å². The van der Waals surface area contributed by atoms with Crippen LogP contribution in [0.25, 0.3) is 28.0 Å². The number of hydrogen-bond donors (Lipinski definition) is 2. The Hall–Kier alpha value is -5.73. The first-order chi connectivity index (χ1) is 27.0. The molecule has 0 atom stereocenters. The van der Waals surface area contributed by atoms with Crippen LogP contribution in [0.2, 0.25) is 0 Å². The van der Waals surface area contributed by atoms with Crippen molar-refractivity contribution in [1.29, 1.82) is 0 Å². The van der Waals surface area contributed by atoms with E-state index >= 15 is 0 Å². The Kier molecular flexibility index (Phi) is 8.84. The number of anilines is 1. The minimum absolute atomic E-state index is 0.0285. The van der Waals surface area contributed by atoms with E-state index in [1.807, 2.05) is 6.07 Å². The Morgan fingerprint density at radius 3 is 2.27 bits per heavy atom. The highest BCUT2D eigenvalue weighted by Crippen LogP contribution is 2.58. The standard InChI is InChI=1S/C41H40F3N7O5/c1-55-34-4-2-11-45-36(34)51-22-31(29-6-5-28(21-33(29)51)56-27-9-14-50(15-10-27)39-46-12-3-13-47-39)32-8-7-30(35(48-32)41(42,43)44)37(52)49-40(38(53)54)25-17-23-16-24(19-25)20-26(40)18-23/h2-8,11-13,21-27H,9-10,14-20H2,1H3,(H,49,52)(H,53,54). The van der Waals surface area contributed by atoms with Gasteiger partial charge >= 0.3 is 12.1 Å². The number of pyridine rings is 2. The predicted octanol–water partition coefficient (Wildman–Crippen LogP) is 6.96. The van der Waals surface area contributed by atoms with Gasteiger partial charge in [0.15, 0.2) is 17.3 Å². The number of fused-ring (bicyclic) bond motifs is 1. The third-order valence-corrected chi connectivity index (χ3v) is 12.3. The van der Waals surface area contributed by atoms with Gasteiger partial charge in [0.25, 0.3) is 5.91 Å². The fourth-order valence-corrected chi connectivity index (χ4v) is 10.0. The van der Waals surface area contributed by atoms with E-state index in [1.54, 1.807) is 59.7 Å². The van der Waals surface area contributed by atoms with Gasteiger partial charge in [0, 0.05) is 67.7 Å². The molecule has 5 aromatic rings. The number of aliphatic carboxylic acids is 1. The molecule has 2 N–H and O–H groups in total. The summed E-state index contributed by atoms with van der Waals surface area (Å²) in [6, 6.07) is 13.1. The lowest BCUT2D eigenvalue weighted by atomic mass is 9.48. The van der Waals surface area contributed by atoms with Crippen molar-refractivity contribution in [1.82, 2.24) is 29.8 Å². The Labute approximate surface area is 320 Å². The number of methoxy groups -OCH3 is 1. The van der Waals surface area contributed by atoms with E-state index in [0.717, 1.165) is 25.3 Å². The zero-order valence-corrected chi connectivity index (χ0v) is 30.6. The maximum atomic E-state index is 14.9. The van der Waals surface area contributed by atoms with Crippen LogP contribution < -0.4 is 19.7 Å². The molecule has 4 bridgehead atoms. The average molecular weight is 768 g/mol. The maximum absolute atomic E-state index is 14.9. The van der Waals surface area contributed by atoms with Crippen molar-refractivity contribution in [2.45, 2.75) is 62.8 Å². The summed E-state index contributed by atoms with van der Waals surface area (Å²) in [5.41, 5.74) is -2.80. The summed E-state index contributed by atoms with van der Waals surface area (Å²) in [4.78, 5) is 46.2. The number of carbonyl (C=O) groups is 2. The topological polar surface area (TPSA) is 145 Å². The van der Waals surface area contributed by atoms with Gasteiger partial charge in [0.05, 0.1) is 23.9 Å². The summed E-state index contributed by atoms with van der Waals surface area (Å²) < 4.78 is 58.5. The van der Waals surface area contributed by atoms with E-state index in [9.17, 15) is 27.9 Å². The molecule has 5 heterocycles.